The van der Waals surface area contributed by atoms with E-state index >= 15 is 0 Å². The lowest BCUT2D eigenvalue weighted by Crippen LogP contribution is -2.36. The second-order valence-corrected chi connectivity index (χ2v) is 4.11. The summed E-state index contributed by atoms with van der Waals surface area (Å²) < 4.78 is 5.86. The van der Waals surface area contributed by atoms with Crippen LogP contribution in [0.3, 0.4) is 0 Å². The van der Waals surface area contributed by atoms with Crippen molar-refractivity contribution in [2.24, 2.45) is 0 Å². The Bertz CT molecular complexity index is 178. The van der Waals surface area contributed by atoms with Crippen LogP contribution in [0, 0.1) is 0 Å². The lowest BCUT2D eigenvalue weighted by atomic mass is 9.70. The monoisotopic (exact) mass is 210 g/mol. The van der Waals surface area contributed by atoms with Crippen molar-refractivity contribution < 1.29 is 4.74 Å². The van der Waals surface area contributed by atoms with Gasteiger partial charge in [0.2, 0.25) is 0 Å². The van der Waals surface area contributed by atoms with Crippen LogP contribution in [0.5, 0.6) is 0 Å². The Labute approximate surface area is 95.9 Å². The SMILES string of the molecule is C=C([B]C)C(COC(CC)CC)N(C)C. The molecule has 0 saturated heterocycles. The first-order chi connectivity index (χ1) is 7.06. The lowest BCUT2D eigenvalue weighted by Gasteiger charge is -2.27. The van der Waals surface area contributed by atoms with Crippen LogP contribution in [0.1, 0.15) is 26.7 Å². The average Bonchev–Trinajstić information content (AvgIpc) is 2.23. The van der Waals surface area contributed by atoms with E-state index in [-0.39, 0.29) is 0 Å². The van der Waals surface area contributed by atoms with Gasteiger partial charge in [-0.05, 0) is 26.9 Å². The van der Waals surface area contributed by atoms with E-state index in [0.29, 0.717) is 12.1 Å². The van der Waals surface area contributed by atoms with Crippen molar-refractivity contribution >= 4 is 7.28 Å². The van der Waals surface area contributed by atoms with Gasteiger partial charge in [-0.25, -0.2) is 0 Å². The molecule has 0 aliphatic carbocycles. The minimum Gasteiger partial charge on any atom is -0.376 e. The maximum absolute atomic E-state index is 5.86. The molecular weight excluding hydrogens is 185 g/mol. The third-order valence-electron chi connectivity index (χ3n) is 2.82. The first kappa shape index (κ1) is 14.7. The zero-order valence-corrected chi connectivity index (χ0v) is 10.9. The first-order valence-electron chi connectivity index (χ1n) is 5.82. The maximum atomic E-state index is 5.86. The molecule has 0 aliphatic heterocycles. The van der Waals surface area contributed by atoms with Crippen molar-refractivity contribution in [3.8, 4) is 0 Å². The van der Waals surface area contributed by atoms with E-state index in [0.717, 1.165) is 24.9 Å². The van der Waals surface area contributed by atoms with Gasteiger partial charge in [0, 0.05) is 6.04 Å². The zero-order chi connectivity index (χ0) is 11.8. The Kier molecular flexibility index (Phi) is 7.80. The first-order valence-corrected chi connectivity index (χ1v) is 5.82. The fourth-order valence-corrected chi connectivity index (χ4v) is 1.53. The van der Waals surface area contributed by atoms with E-state index in [4.69, 9.17) is 4.74 Å². The molecule has 0 aromatic heterocycles. The van der Waals surface area contributed by atoms with E-state index < -0.39 is 0 Å². The summed E-state index contributed by atoms with van der Waals surface area (Å²) in [4.78, 5) is 2.16. The van der Waals surface area contributed by atoms with Crippen molar-refractivity contribution in [1.29, 1.82) is 0 Å². The summed E-state index contributed by atoms with van der Waals surface area (Å²) in [6, 6.07) is 0.301. The standard InChI is InChI=1S/C12H25BNO/c1-7-11(8-2)15-9-12(14(5)6)10(3)13-4/h11-12H,3,7-9H2,1-2,4-6H3. The molecular formula is C12H25BNO. The van der Waals surface area contributed by atoms with Crippen molar-refractivity contribution in [2.45, 2.75) is 45.7 Å². The minimum atomic E-state index is 0.301. The van der Waals surface area contributed by atoms with Crippen molar-refractivity contribution in [2.75, 3.05) is 20.7 Å². The minimum absolute atomic E-state index is 0.301. The van der Waals surface area contributed by atoms with Gasteiger partial charge in [0.25, 0.3) is 0 Å². The molecule has 0 aliphatic rings. The van der Waals surface area contributed by atoms with Gasteiger partial charge < -0.3 is 9.64 Å². The highest BCUT2D eigenvalue weighted by molar-refractivity contribution is 6.43. The van der Waals surface area contributed by atoms with Gasteiger partial charge in [0.15, 0.2) is 0 Å². The smallest absolute Gasteiger partial charge is 0.143 e. The topological polar surface area (TPSA) is 12.5 Å². The van der Waals surface area contributed by atoms with Crippen LogP contribution >= 0.6 is 0 Å². The van der Waals surface area contributed by atoms with Crippen LogP contribution in [0.25, 0.3) is 0 Å². The van der Waals surface area contributed by atoms with Gasteiger partial charge in [-0.1, -0.05) is 26.1 Å². The summed E-state index contributed by atoms with van der Waals surface area (Å²) in [6.07, 6.45) is 2.55. The summed E-state index contributed by atoms with van der Waals surface area (Å²) in [7, 11) is 6.19. The molecule has 0 bridgehead atoms. The van der Waals surface area contributed by atoms with E-state index in [2.05, 4.69) is 46.7 Å². The van der Waals surface area contributed by atoms with Gasteiger partial charge in [-0.3, -0.25) is 0 Å². The van der Waals surface area contributed by atoms with E-state index in [9.17, 15) is 0 Å². The summed E-state index contributed by atoms with van der Waals surface area (Å²) in [5, 5.41) is 0. The van der Waals surface area contributed by atoms with Gasteiger partial charge in [0.05, 0.1) is 12.7 Å². The second-order valence-electron chi connectivity index (χ2n) is 4.11. The molecule has 3 heteroatoms. The maximum Gasteiger partial charge on any atom is 0.143 e. The highest BCUT2D eigenvalue weighted by Crippen LogP contribution is 2.09. The van der Waals surface area contributed by atoms with Crippen molar-refractivity contribution in [3.05, 3.63) is 12.1 Å². The normalized spacial score (nSPS) is 13.3. The number of likely N-dealkylation sites (N-methyl/N-ethyl adjacent to an activating group) is 1. The molecule has 1 atom stereocenters. The average molecular weight is 210 g/mol. The number of nitrogens with zero attached hydrogens (tertiary/aromatic N) is 1. The Morgan fingerprint density at radius 3 is 2.20 bits per heavy atom. The molecule has 15 heavy (non-hydrogen) atoms. The molecule has 0 fully saturated rings. The van der Waals surface area contributed by atoms with Crippen LogP contribution in [-0.4, -0.2) is 45.0 Å². The van der Waals surface area contributed by atoms with Crippen LogP contribution in [0.15, 0.2) is 12.1 Å². The number of rotatable bonds is 8. The molecule has 0 heterocycles. The van der Waals surface area contributed by atoms with E-state index in [1.165, 1.54) is 0 Å². The van der Waals surface area contributed by atoms with Gasteiger partial charge >= 0.3 is 0 Å². The largest absolute Gasteiger partial charge is 0.376 e. The Morgan fingerprint density at radius 1 is 1.33 bits per heavy atom. The van der Waals surface area contributed by atoms with Gasteiger partial charge in [-0.2, -0.15) is 0 Å². The quantitative estimate of drug-likeness (QED) is 0.570. The lowest BCUT2D eigenvalue weighted by molar-refractivity contribution is 0.0244. The Hall–Kier alpha value is -0.275. The fourth-order valence-electron chi connectivity index (χ4n) is 1.53. The summed E-state index contributed by atoms with van der Waals surface area (Å²) in [6.45, 7) is 11.1. The van der Waals surface area contributed by atoms with Crippen LogP contribution in [0.4, 0.5) is 0 Å². The summed E-state index contributed by atoms with van der Waals surface area (Å²) >= 11 is 0. The summed E-state index contributed by atoms with van der Waals surface area (Å²) in [5.74, 6) is 0. The van der Waals surface area contributed by atoms with Gasteiger partial charge in [-0.15, -0.1) is 6.58 Å². The number of ether oxygens (including phenoxy) is 1. The third kappa shape index (κ3) is 5.38. The second kappa shape index (κ2) is 7.94. The van der Waals surface area contributed by atoms with Crippen LogP contribution in [-0.2, 0) is 4.74 Å². The predicted molar refractivity (Wildman–Crippen MR) is 68.6 cm³/mol. The number of hydrogen-bond donors (Lipinski definition) is 0. The van der Waals surface area contributed by atoms with Crippen molar-refractivity contribution in [3.63, 3.8) is 0 Å². The third-order valence-corrected chi connectivity index (χ3v) is 2.82. The van der Waals surface area contributed by atoms with Gasteiger partial charge in [0.1, 0.15) is 7.28 Å². The van der Waals surface area contributed by atoms with E-state index in [1.54, 1.807) is 0 Å². The van der Waals surface area contributed by atoms with E-state index in [1.807, 2.05) is 6.82 Å². The molecule has 0 spiro atoms. The summed E-state index contributed by atoms with van der Waals surface area (Å²) in [5.41, 5.74) is 1.13. The highest BCUT2D eigenvalue weighted by Gasteiger charge is 2.15. The molecule has 0 N–H and O–H groups in total. The molecule has 0 rings (SSSR count). The van der Waals surface area contributed by atoms with Crippen molar-refractivity contribution in [1.82, 2.24) is 4.90 Å². The molecule has 0 amide bonds. The van der Waals surface area contributed by atoms with Crippen LogP contribution < -0.4 is 0 Å². The molecule has 87 valence electrons. The highest BCUT2D eigenvalue weighted by atomic mass is 16.5. The molecule has 0 aromatic rings. The zero-order valence-electron chi connectivity index (χ0n) is 10.9. The number of hydrogen-bond acceptors (Lipinski definition) is 2. The predicted octanol–water partition coefficient (Wildman–Crippen LogP) is 2.39. The molecule has 0 aromatic carbocycles. The fraction of sp³-hybridized carbons (Fsp3) is 0.833. The Morgan fingerprint density at radius 2 is 1.87 bits per heavy atom. The molecule has 2 nitrogen and oxygen atoms in total. The van der Waals surface area contributed by atoms with Crippen LogP contribution in [0.2, 0.25) is 6.82 Å². The Balaban J connectivity index is 4.12. The molecule has 1 radical (unpaired) electrons. The molecule has 0 saturated carbocycles. The molecule has 1 unspecified atom stereocenters.